The average molecular weight is 187 g/mol. The maximum atomic E-state index is 6.88. The summed E-state index contributed by atoms with van der Waals surface area (Å²) in [5, 5.41) is 13.8. The van der Waals surface area contributed by atoms with Crippen molar-refractivity contribution in [3.8, 4) is 6.26 Å². The Morgan fingerprint density at radius 1 is 1.75 bits per heavy atom. The summed E-state index contributed by atoms with van der Waals surface area (Å²) in [7, 11) is 0. The molecule has 0 aliphatic carbocycles. The molecular formula is CHNNdO. The van der Waals surface area contributed by atoms with Crippen LogP contribution in [0.15, 0.2) is 0 Å². The summed E-state index contributed by atoms with van der Waals surface area (Å²) in [5.74, 6) is 0. The fourth-order valence-electron chi connectivity index (χ4n) is 0. The van der Waals surface area contributed by atoms with Gasteiger partial charge in [-0.3, -0.25) is 0 Å². The first-order valence-corrected chi connectivity index (χ1v) is 0.447. The van der Waals surface area contributed by atoms with Crippen LogP contribution in [0.3, 0.4) is 0 Å². The molecule has 0 aliphatic rings. The molecule has 0 saturated heterocycles. The van der Waals surface area contributed by atoms with Gasteiger partial charge in [-0.15, -0.1) is 0 Å². The molecule has 0 aromatic carbocycles. The first kappa shape index (κ1) is 8.82. The van der Waals surface area contributed by atoms with Crippen LogP contribution < -0.4 is 0 Å². The number of nitriles is 1. The number of nitrogens with zero attached hydrogens (tertiary/aromatic N) is 1. The average Bonchev–Trinajstić information content (AvgIpc) is 0.918. The number of aliphatic hydroxyl groups excluding tert-OH is 1. The van der Waals surface area contributed by atoms with Gasteiger partial charge in [0.1, 0.15) is 0 Å². The minimum atomic E-state index is 0. The van der Waals surface area contributed by atoms with E-state index in [2.05, 4.69) is 0 Å². The minimum Gasteiger partial charge on any atom is -0.443 e. The van der Waals surface area contributed by atoms with E-state index in [0.29, 0.717) is 0 Å². The van der Waals surface area contributed by atoms with Gasteiger partial charge in [-0.25, -0.2) is 0 Å². The molecule has 0 aromatic heterocycles. The SMILES string of the molecule is N#CO.[Nd]. The first-order valence-electron chi connectivity index (χ1n) is 0.447. The largest absolute Gasteiger partial charge is 0.443 e. The van der Waals surface area contributed by atoms with Crippen LogP contribution in [0.5, 0.6) is 0 Å². The Morgan fingerprint density at radius 3 is 1.75 bits per heavy atom. The van der Waals surface area contributed by atoms with E-state index in [9.17, 15) is 0 Å². The number of rotatable bonds is 0. The molecule has 2 nitrogen and oxygen atoms in total. The Labute approximate surface area is 57.0 Å². The molecule has 3 heteroatoms. The van der Waals surface area contributed by atoms with Crippen molar-refractivity contribution in [2.24, 2.45) is 0 Å². The molecule has 1 N–H and O–H groups in total. The fraction of sp³-hybridized carbons (Fsp3) is 0. The normalized spacial score (nSPS) is 1.75. The Bertz CT molecular complexity index is 29.5. The van der Waals surface area contributed by atoms with Crippen molar-refractivity contribution in [1.29, 1.82) is 5.26 Å². The third kappa shape index (κ3) is 17.3. The van der Waals surface area contributed by atoms with Crippen LogP contribution >= 0.6 is 0 Å². The second-order valence-electron chi connectivity index (χ2n) is 0.100. The Kier molecular flexibility index (Phi) is 20.8. The molecule has 4 heavy (non-hydrogen) atoms. The third-order valence-corrected chi connectivity index (χ3v) is 0. The van der Waals surface area contributed by atoms with Gasteiger partial charge < -0.3 is 5.11 Å². The summed E-state index contributed by atoms with van der Waals surface area (Å²) < 4.78 is 0. The molecule has 0 heterocycles. The van der Waals surface area contributed by atoms with Crippen molar-refractivity contribution in [2.45, 2.75) is 0 Å². The Hall–Kier alpha value is 0.641. The predicted octanol–water partition coefficient (Wildman–Crippen LogP) is -0.160. The fourth-order valence-corrected chi connectivity index (χ4v) is 0. The summed E-state index contributed by atoms with van der Waals surface area (Å²) >= 11 is 0. The van der Waals surface area contributed by atoms with E-state index < -0.39 is 0 Å². The van der Waals surface area contributed by atoms with Gasteiger partial charge >= 0.3 is 0 Å². The molecule has 0 rings (SSSR count). The van der Waals surface area contributed by atoms with Crippen molar-refractivity contribution in [3.05, 3.63) is 0 Å². The van der Waals surface area contributed by atoms with Crippen molar-refractivity contribution in [2.75, 3.05) is 0 Å². The summed E-state index contributed by atoms with van der Waals surface area (Å²) in [6.45, 7) is 0. The van der Waals surface area contributed by atoms with Gasteiger partial charge in [0.15, 0.2) is 0 Å². The van der Waals surface area contributed by atoms with Crippen molar-refractivity contribution in [3.63, 3.8) is 0 Å². The van der Waals surface area contributed by atoms with Crippen molar-refractivity contribution in [1.82, 2.24) is 0 Å². The molecular weight excluding hydrogens is 186 g/mol. The van der Waals surface area contributed by atoms with E-state index in [0.717, 1.165) is 6.26 Å². The quantitative estimate of drug-likeness (QED) is 0.536. The molecule has 0 aromatic rings. The zero-order valence-electron chi connectivity index (χ0n) is 1.89. The molecule has 0 amide bonds. The van der Waals surface area contributed by atoms with E-state index in [4.69, 9.17) is 10.4 Å². The number of hydrogen-bond acceptors (Lipinski definition) is 2. The molecule has 0 saturated carbocycles. The second-order valence-corrected chi connectivity index (χ2v) is 0.100. The van der Waals surface area contributed by atoms with E-state index in [1.54, 1.807) is 0 Å². The maximum absolute atomic E-state index is 6.88. The van der Waals surface area contributed by atoms with Gasteiger partial charge in [-0.05, 0) is 0 Å². The second kappa shape index (κ2) is 9.43. The molecule has 0 aliphatic heterocycles. The van der Waals surface area contributed by atoms with Gasteiger partial charge in [0.25, 0.3) is 6.26 Å². The number of aliphatic hydroxyl groups is 1. The van der Waals surface area contributed by atoms with E-state index in [-0.39, 0.29) is 40.8 Å². The number of hydrogen-bond donors (Lipinski definition) is 1. The van der Waals surface area contributed by atoms with Gasteiger partial charge in [0, 0.05) is 40.8 Å². The molecule has 0 bridgehead atoms. The van der Waals surface area contributed by atoms with Crippen LogP contribution in [0.1, 0.15) is 0 Å². The zero-order chi connectivity index (χ0) is 2.71. The monoisotopic (exact) mass is 185 g/mol. The van der Waals surface area contributed by atoms with E-state index in [1.165, 1.54) is 0 Å². The van der Waals surface area contributed by atoms with Gasteiger partial charge in [0.2, 0.25) is 0 Å². The van der Waals surface area contributed by atoms with Crippen LogP contribution in [0, 0.1) is 52.4 Å². The third-order valence-electron chi connectivity index (χ3n) is 0. The topological polar surface area (TPSA) is 44.0 Å². The summed E-state index contributed by atoms with van der Waals surface area (Å²) in [6, 6.07) is 0. The van der Waals surface area contributed by atoms with Gasteiger partial charge in [-0.1, -0.05) is 0 Å². The van der Waals surface area contributed by atoms with Crippen molar-refractivity contribution >= 4 is 0 Å². The predicted molar refractivity (Wildman–Crippen MR) is 7.55 cm³/mol. The van der Waals surface area contributed by atoms with Gasteiger partial charge in [0.05, 0.1) is 0 Å². The van der Waals surface area contributed by atoms with E-state index >= 15 is 0 Å². The summed E-state index contributed by atoms with van der Waals surface area (Å²) in [5.41, 5.74) is 0. The van der Waals surface area contributed by atoms with Crippen LogP contribution in [-0.4, -0.2) is 5.11 Å². The summed E-state index contributed by atoms with van der Waals surface area (Å²) in [6.07, 6.45) is 0.750. The summed E-state index contributed by atoms with van der Waals surface area (Å²) in [4.78, 5) is 0. The van der Waals surface area contributed by atoms with Crippen LogP contribution in [0.25, 0.3) is 0 Å². The molecule has 20 valence electrons. The molecule has 0 atom stereocenters. The van der Waals surface area contributed by atoms with Crippen molar-refractivity contribution < 1.29 is 45.9 Å². The first-order chi connectivity index (χ1) is 1.41. The molecule has 0 unspecified atom stereocenters. The zero-order valence-corrected chi connectivity index (χ0v) is 5.10. The molecule has 0 spiro atoms. The Balaban J connectivity index is 0. The molecule has 0 fully saturated rings. The Morgan fingerprint density at radius 2 is 1.75 bits per heavy atom. The maximum Gasteiger partial charge on any atom is 0.283 e. The minimum absolute atomic E-state index is 0. The smallest absolute Gasteiger partial charge is 0.283 e. The van der Waals surface area contributed by atoms with Crippen LogP contribution in [0.2, 0.25) is 0 Å². The van der Waals surface area contributed by atoms with Crippen LogP contribution in [-0.2, 0) is 0 Å². The standard InChI is InChI=1S/CHNO.Nd/c2-1-3;/h3H;. The van der Waals surface area contributed by atoms with E-state index in [1.807, 2.05) is 0 Å². The van der Waals surface area contributed by atoms with Gasteiger partial charge in [-0.2, -0.15) is 5.26 Å². The molecule has 0 radical (unpaired) electrons. The van der Waals surface area contributed by atoms with Crippen LogP contribution in [0.4, 0.5) is 0 Å².